The first-order valence-electron chi connectivity index (χ1n) is 8.28. The minimum atomic E-state index is -0.498. The van der Waals surface area contributed by atoms with Gasteiger partial charge in [-0.1, -0.05) is 6.07 Å². The Bertz CT molecular complexity index is 1090. The van der Waals surface area contributed by atoms with Crippen molar-refractivity contribution in [2.24, 2.45) is 0 Å². The lowest BCUT2D eigenvalue weighted by molar-refractivity contribution is -0.384. The molecule has 0 fully saturated rings. The van der Waals surface area contributed by atoms with Crippen LogP contribution < -0.4 is 19.9 Å². The number of aromatic amines is 1. The first-order chi connectivity index (χ1) is 13.0. The van der Waals surface area contributed by atoms with Crippen molar-refractivity contribution in [3.05, 3.63) is 62.7 Å². The zero-order valence-electron chi connectivity index (χ0n) is 14.5. The number of H-pyrrole nitrogens is 1. The number of anilines is 1. The molecular weight excluding hydrogens is 352 g/mol. The molecule has 1 aliphatic heterocycles. The number of hydrogen-bond donors (Lipinski definition) is 1. The summed E-state index contributed by atoms with van der Waals surface area (Å²) < 4.78 is 11.1. The fraction of sp³-hybridized carbons (Fsp3) is 0.222. The van der Waals surface area contributed by atoms with Crippen LogP contribution in [0.1, 0.15) is 5.56 Å². The molecule has 2 aromatic carbocycles. The number of nitro groups is 1. The first kappa shape index (κ1) is 16.8. The SMILES string of the molecule is CN(Cc1ccc2c(c1)OCCO2)c1cc2nc[nH]c(=O)c2cc1[N+](=O)[O-]. The molecule has 0 atom stereocenters. The highest BCUT2D eigenvalue weighted by Crippen LogP contribution is 2.34. The smallest absolute Gasteiger partial charge is 0.293 e. The van der Waals surface area contributed by atoms with Gasteiger partial charge in [0.05, 0.1) is 22.2 Å². The molecule has 2 heterocycles. The summed E-state index contributed by atoms with van der Waals surface area (Å²) in [6, 6.07) is 8.39. The van der Waals surface area contributed by atoms with Crippen LogP contribution in [0.5, 0.6) is 11.5 Å². The molecule has 9 nitrogen and oxygen atoms in total. The number of nitro benzene ring substituents is 1. The van der Waals surface area contributed by atoms with E-state index in [-0.39, 0.29) is 11.1 Å². The van der Waals surface area contributed by atoms with Gasteiger partial charge in [0.2, 0.25) is 0 Å². The highest BCUT2D eigenvalue weighted by atomic mass is 16.6. The Morgan fingerprint density at radius 2 is 2.00 bits per heavy atom. The predicted octanol–water partition coefficient (Wildman–Crippen LogP) is 2.24. The molecule has 27 heavy (non-hydrogen) atoms. The average molecular weight is 368 g/mol. The maximum absolute atomic E-state index is 11.9. The molecule has 0 unspecified atom stereocenters. The molecule has 0 spiro atoms. The average Bonchev–Trinajstić information content (AvgIpc) is 2.67. The van der Waals surface area contributed by atoms with Gasteiger partial charge < -0.3 is 19.4 Å². The molecule has 1 aromatic heterocycles. The number of ether oxygens (including phenoxy) is 2. The largest absolute Gasteiger partial charge is 0.486 e. The van der Waals surface area contributed by atoms with Crippen LogP contribution in [-0.2, 0) is 6.54 Å². The van der Waals surface area contributed by atoms with E-state index in [1.807, 2.05) is 18.2 Å². The van der Waals surface area contributed by atoms with E-state index in [0.29, 0.717) is 42.5 Å². The fourth-order valence-corrected chi connectivity index (χ4v) is 3.09. The number of hydrogen-bond acceptors (Lipinski definition) is 7. The monoisotopic (exact) mass is 368 g/mol. The van der Waals surface area contributed by atoms with E-state index in [1.54, 1.807) is 18.0 Å². The molecule has 3 aromatic rings. The Kier molecular flexibility index (Phi) is 4.11. The molecule has 9 heteroatoms. The topological polar surface area (TPSA) is 111 Å². The highest BCUT2D eigenvalue weighted by Gasteiger charge is 2.21. The standard InChI is InChI=1S/C18H16N4O5/c1-21(9-11-2-3-16-17(6-11)27-5-4-26-16)14-8-13-12(7-15(14)22(24)25)18(23)20-10-19-13/h2-3,6-8,10H,4-5,9H2,1H3,(H,19,20,23). The number of nitrogens with one attached hydrogen (secondary N) is 1. The molecule has 1 N–H and O–H groups in total. The molecule has 0 bridgehead atoms. The Balaban J connectivity index is 1.71. The van der Waals surface area contributed by atoms with Crippen molar-refractivity contribution in [3.63, 3.8) is 0 Å². The third kappa shape index (κ3) is 3.14. The van der Waals surface area contributed by atoms with Gasteiger partial charge in [-0.05, 0) is 23.8 Å². The van der Waals surface area contributed by atoms with Gasteiger partial charge in [-0.15, -0.1) is 0 Å². The maximum atomic E-state index is 11.9. The second-order valence-electron chi connectivity index (χ2n) is 6.18. The summed E-state index contributed by atoms with van der Waals surface area (Å²) in [4.78, 5) is 31.2. The van der Waals surface area contributed by atoms with Gasteiger partial charge in [-0.25, -0.2) is 4.98 Å². The predicted molar refractivity (Wildman–Crippen MR) is 98.6 cm³/mol. The number of rotatable bonds is 4. The van der Waals surface area contributed by atoms with E-state index in [0.717, 1.165) is 5.56 Å². The van der Waals surface area contributed by atoms with Crippen molar-refractivity contribution < 1.29 is 14.4 Å². The first-order valence-corrected chi connectivity index (χ1v) is 8.28. The molecular formula is C18H16N4O5. The number of nitrogens with zero attached hydrogens (tertiary/aromatic N) is 3. The minimum absolute atomic E-state index is 0.152. The van der Waals surface area contributed by atoms with Crippen molar-refractivity contribution in [1.82, 2.24) is 9.97 Å². The van der Waals surface area contributed by atoms with Gasteiger partial charge in [0.1, 0.15) is 18.9 Å². The Morgan fingerprint density at radius 3 is 2.78 bits per heavy atom. The molecule has 0 radical (unpaired) electrons. The lowest BCUT2D eigenvalue weighted by Crippen LogP contribution is -2.19. The van der Waals surface area contributed by atoms with Crippen molar-refractivity contribution >= 4 is 22.3 Å². The van der Waals surface area contributed by atoms with Crippen LogP contribution >= 0.6 is 0 Å². The van der Waals surface area contributed by atoms with Crippen LogP contribution in [-0.4, -0.2) is 35.2 Å². The number of benzene rings is 2. The van der Waals surface area contributed by atoms with Crippen LogP contribution in [0, 0.1) is 10.1 Å². The van der Waals surface area contributed by atoms with Crippen molar-refractivity contribution in [2.45, 2.75) is 6.54 Å². The Labute approximate surface area is 153 Å². The van der Waals surface area contributed by atoms with Crippen molar-refractivity contribution in [1.29, 1.82) is 0 Å². The van der Waals surface area contributed by atoms with Gasteiger partial charge in [-0.3, -0.25) is 14.9 Å². The molecule has 0 saturated heterocycles. The second kappa shape index (κ2) is 6.60. The van der Waals surface area contributed by atoms with Crippen LogP contribution in [0.15, 0.2) is 41.5 Å². The van der Waals surface area contributed by atoms with E-state index < -0.39 is 10.5 Å². The van der Waals surface area contributed by atoms with E-state index in [4.69, 9.17) is 9.47 Å². The third-order valence-electron chi connectivity index (χ3n) is 4.37. The Hall–Kier alpha value is -3.62. The minimum Gasteiger partial charge on any atom is -0.486 e. The van der Waals surface area contributed by atoms with Crippen LogP contribution in [0.3, 0.4) is 0 Å². The summed E-state index contributed by atoms with van der Waals surface area (Å²) in [5.74, 6) is 1.35. The molecule has 0 aliphatic carbocycles. The summed E-state index contributed by atoms with van der Waals surface area (Å²) in [7, 11) is 1.75. The van der Waals surface area contributed by atoms with E-state index in [9.17, 15) is 14.9 Å². The third-order valence-corrected chi connectivity index (χ3v) is 4.37. The molecule has 1 aliphatic rings. The van der Waals surface area contributed by atoms with Crippen LogP contribution in [0.2, 0.25) is 0 Å². The zero-order chi connectivity index (χ0) is 19.0. The second-order valence-corrected chi connectivity index (χ2v) is 6.18. The maximum Gasteiger partial charge on any atom is 0.293 e. The van der Waals surface area contributed by atoms with Crippen LogP contribution in [0.4, 0.5) is 11.4 Å². The Morgan fingerprint density at radius 1 is 1.22 bits per heavy atom. The number of fused-ring (bicyclic) bond motifs is 2. The summed E-state index contributed by atoms with van der Waals surface area (Å²) >= 11 is 0. The molecule has 0 saturated carbocycles. The highest BCUT2D eigenvalue weighted by molar-refractivity contribution is 5.86. The fourth-order valence-electron chi connectivity index (χ4n) is 3.09. The van der Waals surface area contributed by atoms with Crippen molar-refractivity contribution in [2.75, 3.05) is 25.2 Å². The van der Waals surface area contributed by atoms with E-state index in [2.05, 4.69) is 9.97 Å². The van der Waals surface area contributed by atoms with Gasteiger partial charge in [0.25, 0.3) is 11.2 Å². The molecule has 138 valence electrons. The van der Waals surface area contributed by atoms with E-state index >= 15 is 0 Å². The van der Waals surface area contributed by atoms with Gasteiger partial charge in [-0.2, -0.15) is 0 Å². The normalized spacial score (nSPS) is 12.8. The summed E-state index contributed by atoms with van der Waals surface area (Å²) in [6.07, 6.45) is 1.28. The lowest BCUT2D eigenvalue weighted by Gasteiger charge is -2.22. The molecule has 4 rings (SSSR count). The number of aromatic nitrogens is 2. The summed E-state index contributed by atoms with van der Waals surface area (Å²) in [5, 5.41) is 11.7. The van der Waals surface area contributed by atoms with Crippen LogP contribution in [0.25, 0.3) is 10.9 Å². The zero-order valence-corrected chi connectivity index (χ0v) is 14.5. The van der Waals surface area contributed by atoms with Gasteiger partial charge in [0.15, 0.2) is 11.5 Å². The van der Waals surface area contributed by atoms with Gasteiger partial charge >= 0.3 is 0 Å². The summed E-state index contributed by atoms with van der Waals surface area (Å²) in [6.45, 7) is 1.41. The quantitative estimate of drug-likeness (QED) is 0.555. The van der Waals surface area contributed by atoms with Gasteiger partial charge in [0, 0.05) is 19.7 Å². The molecule has 0 amide bonds. The van der Waals surface area contributed by atoms with Crippen molar-refractivity contribution in [3.8, 4) is 11.5 Å². The summed E-state index contributed by atoms with van der Waals surface area (Å²) in [5.41, 5.74) is 1.12. The van der Waals surface area contributed by atoms with E-state index in [1.165, 1.54) is 12.4 Å². The lowest BCUT2D eigenvalue weighted by atomic mass is 10.1.